The molecule has 4 nitrogen and oxygen atoms in total. The van der Waals surface area contributed by atoms with Gasteiger partial charge in [0.2, 0.25) is 0 Å². The van der Waals surface area contributed by atoms with Crippen LogP contribution in [0.15, 0.2) is 34.3 Å². The molecule has 0 spiro atoms. The van der Waals surface area contributed by atoms with Crippen molar-refractivity contribution in [2.75, 3.05) is 0 Å². The molecule has 0 aromatic heterocycles. The number of aryl methyl sites for hydroxylation is 1. The minimum absolute atomic E-state index is 0.262. The van der Waals surface area contributed by atoms with Gasteiger partial charge in [0.25, 0.3) is 10.0 Å². The summed E-state index contributed by atoms with van der Waals surface area (Å²) < 4.78 is 24.2. The van der Waals surface area contributed by atoms with E-state index in [1.54, 1.807) is 24.3 Å². The monoisotopic (exact) mass is 310 g/mol. The van der Waals surface area contributed by atoms with Crippen molar-refractivity contribution in [2.45, 2.75) is 49.8 Å². The van der Waals surface area contributed by atoms with Gasteiger partial charge < -0.3 is 0 Å². The van der Waals surface area contributed by atoms with E-state index in [4.69, 9.17) is 0 Å². The van der Waals surface area contributed by atoms with Crippen molar-refractivity contribution in [3.05, 3.63) is 29.8 Å². The van der Waals surface area contributed by atoms with Crippen LogP contribution in [0.1, 0.15) is 18.4 Å². The minimum atomic E-state index is -3.53. The van der Waals surface area contributed by atoms with E-state index in [1.165, 1.54) is 12.1 Å². The number of nitrogens with zero attached hydrogens (tertiary/aromatic N) is 1. The standard InChI is InChI=1S/C14H22N2O2SSi/c1-12-4-6-14(7-5-12)19(17,18)16-15-13-8-10-20(2,3)11-9-13/h4-7,16H,8-11H2,1-3H3. The Morgan fingerprint density at radius 1 is 1.10 bits per heavy atom. The molecule has 0 aliphatic carbocycles. The second-order valence-corrected chi connectivity index (χ2v) is 13.2. The first-order chi connectivity index (χ1) is 9.28. The normalized spacial score (nSPS) is 18.6. The maximum absolute atomic E-state index is 12.1. The third kappa shape index (κ3) is 3.93. The number of hydrazone groups is 1. The van der Waals surface area contributed by atoms with E-state index in [2.05, 4.69) is 23.0 Å². The van der Waals surface area contributed by atoms with E-state index in [-0.39, 0.29) is 4.90 Å². The molecule has 0 radical (unpaired) electrons. The lowest BCUT2D eigenvalue weighted by molar-refractivity contribution is 0.584. The summed E-state index contributed by atoms with van der Waals surface area (Å²) in [5.74, 6) is 0. The molecule has 1 N–H and O–H groups in total. The lowest BCUT2D eigenvalue weighted by Gasteiger charge is -2.27. The second-order valence-electron chi connectivity index (χ2n) is 6.25. The fourth-order valence-electron chi connectivity index (χ4n) is 2.22. The predicted molar refractivity (Wildman–Crippen MR) is 85.3 cm³/mol. The smallest absolute Gasteiger partial charge is 0.200 e. The van der Waals surface area contributed by atoms with E-state index < -0.39 is 18.1 Å². The molecule has 1 heterocycles. The number of benzene rings is 1. The highest BCUT2D eigenvalue weighted by atomic mass is 32.2. The van der Waals surface area contributed by atoms with Crippen molar-refractivity contribution in [2.24, 2.45) is 5.10 Å². The van der Waals surface area contributed by atoms with Crippen molar-refractivity contribution in [3.63, 3.8) is 0 Å². The molecule has 6 heteroatoms. The second kappa shape index (κ2) is 5.69. The zero-order valence-corrected chi connectivity index (χ0v) is 14.1. The number of rotatable bonds is 3. The van der Waals surface area contributed by atoms with E-state index in [9.17, 15) is 8.42 Å². The van der Waals surface area contributed by atoms with E-state index >= 15 is 0 Å². The molecular weight excluding hydrogens is 288 g/mol. The first kappa shape index (κ1) is 15.2. The zero-order chi connectivity index (χ0) is 14.8. The van der Waals surface area contributed by atoms with Crippen molar-refractivity contribution in [3.8, 4) is 0 Å². The Morgan fingerprint density at radius 3 is 2.20 bits per heavy atom. The third-order valence-electron chi connectivity index (χ3n) is 3.84. The number of hydrogen-bond acceptors (Lipinski definition) is 3. The largest absolute Gasteiger partial charge is 0.276 e. The van der Waals surface area contributed by atoms with Crippen LogP contribution in [-0.2, 0) is 10.0 Å². The molecule has 0 atom stereocenters. The number of hydrogen-bond donors (Lipinski definition) is 1. The van der Waals surface area contributed by atoms with Gasteiger partial charge in [0, 0.05) is 13.8 Å². The van der Waals surface area contributed by atoms with Crippen LogP contribution in [0, 0.1) is 6.92 Å². The maximum atomic E-state index is 12.1. The van der Waals surface area contributed by atoms with Gasteiger partial charge in [0.15, 0.2) is 0 Å². The Balaban J connectivity index is 2.04. The van der Waals surface area contributed by atoms with Gasteiger partial charge in [-0.15, -0.1) is 0 Å². The molecule has 0 unspecified atom stereocenters. The molecule has 1 aromatic carbocycles. The van der Waals surface area contributed by atoms with Gasteiger partial charge in [0.1, 0.15) is 0 Å². The Hall–Kier alpha value is -1.14. The summed E-state index contributed by atoms with van der Waals surface area (Å²) in [6.45, 7) is 6.68. The van der Waals surface area contributed by atoms with E-state index in [0.717, 1.165) is 24.1 Å². The Bertz CT molecular complexity index is 595. The quantitative estimate of drug-likeness (QED) is 0.689. The van der Waals surface area contributed by atoms with Crippen LogP contribution in [0.5, 0.6) is 0 Å². The molecule has 110 valence electrons. The summed E-state index contributed by atoms with van der Waals surface area (Å²) in [7, 11) is -4.57. The van der Waals surface area contributed by atoms with Crippen molar-refractivity contribution >= 4 is 23.8 Å². The molecule has 0 saturated carbocycles. The molecular formula is C14H22N2O2SSi. The van der Waals surface area contributed by atoms with Crippen molar-refractivity contribution < 1.29 is 8.42 Å². The molecule has 0 amide bonds. The average molecular weight is 310 g/mol. The van der Waals surface area contributed by atoms with Crippen LogP contribution >= 0.6 is 0 Å². The molecule has 2 rings (SSSR count). The van der Waals surface area contributed by atoms with Gasteiger partial charge in [-0.3, -0.25) is 0 Å². The maximum Gasteiger partial charge on any atom is 0.276 e. The zero-order valence-electron chi connectivity index (χ0n) is 12.3. The Labute approximate surface area is 122 Å². The Kier molecular flexibility index (Phi) is 4.34. The van der Waals surface area contributed by atoms with E-state index in [0.29, 0.717) is 0 Å². The van der Waals surface area contributed by atoms with Gasteiger partial charge in [-0.1, -0.05) is 42.9 Å². The van der Waals surface area contributed by atoms with Gasteiger partial charge in [-0.25, -0.2) is 4.83 Å². The summed E-state index contributed by atoms with van der Waals surface area (Å²) >= 11 is 0. The van der Waals surface area contributed by atoms with Crippen molar-refractivity contribution in [1.29, 1.82) is 0 Å². The fourth-order valence-corrected chi connectivity index (χ4v) is 5.25. The van der Waals surface area contributed by atoms with Crippen LogP contribution in [0.4, 0.5) is 0 Å². The summed E-state index contributed by atoms with van der Waals surface area (Å²) in [4.78, 5) is 2.63. The van der Waals surface area contributed by atoms with Crippen LogP contribution in [0.2, 0.25) is 25.2 Å². The van der Waals surface area contributed by atoms with Crippen molar-refractivity contribution in [1.82, 2.24) is 4.83 Å². The summed E-state index contributed by atoms with van der Waals surface area (Å²) in [5, 5.41) is 4.12. The van der Waals surface area contributed by atoms with Gasteiger partial charge >= 0.3 is 0 Å². The highest BCUT2D eigenvalue weighted by molar-refractivity contribution is 7.89. The minimum Gasteiger partial charge on any atom is -0.200 e. The Morgan fingerprint density at radius 2 is 1.65 bits per heavy atom. The lowest BCUT2D eigenvalue weighted by atomic mass is 10.2. The number of nitrogens with one attached hydrogen (secondary N) is 1. The summed E-state index contributed by atoms with van der Waals surface area (Å²) in [6, 6.07) is 9.17. The van der Waals surface area contributed by atoms with E-state index in [1.807, 2.05) is 6.92 Å². The van der Waals surface area contributed by atoms with Gasteiger partial charge in [0.05, 0.1) is 4.90 Å². The molecule has 20 heavy (non-hydrogen) atoms. The SMILES string of the molecule is Cc1ccc(S(=O)(=O)NN=C2CC[Si](C)(C)CC2)cc1. The van der Waals surface area contributed by atoms with Crippen LogP contribution in [0.3, 0.4) is 0 Å². The topological polar surface area (TPSA) is 58.5 Å². The summed E-state index contributed by atoms with van der Waals surface area (Å²) in [5.41, 5.74) is 2.02. The molecule has 0 bridgehead atoms. The fraction of sp³-hybridized carbons (Fsp3) is 0.500. The average Bonchev–Trinajstić information content (AvgIpc) is 2.38. The van der Waals surface area contributed by atoms with Gasteiger partial charge in [-0.05, 0) is 31.9 Å². The number of sulfonamides is 1. The molecule has 1 fully saturated rings. The van der Waals surface area contributed by atoms with Gasteiger partial charge in [-0.2, -0.15) is 13.5 Å². The van der Waals surface area contributed by atoms with Crippen LogP contribution < -0.4 is 4.83 Å². The highest BCUT2D eigenvalue weighted by Crippen LogP contribution is 2.26. The molecule has 1 aliphatic heterocycles. The first-order valence-corrected chi connectivity index (χ1v) is 11.8. The predicted octanol–water partition coefficient (Wildman–Crippen LogP) is 3.13. The third-order valence-corrected chi connectivity index (χ3v) is 8.27. The molecule has 1 aromatic rings. The molecule has 1 saturated heterocycles. The van der Waals surface area contributed by atoms with Crippen LogP contribution in [0.25, 0.3) is 0 Å². The summed E-state index contributed by atoms with van der Waals surface area (Å²) in [6.07, 6.45) is 1.85. The molecule has 1 aliphatic rings. The van der Waals surface area contributed by atoms with Crippen LogP contribution in [-0.4, -0.2) is 22.2 Å². The lowest BCUT2D eigenvalue weighted by Crippen LogP contribution is -2.32. The highest BCUT2D eigenvalue weighted by Gasteiger charge is 2.26. The first-order valence-electron chi connectivity index (χ1n) is 6.92.